The third-order valence-corrected chi connectivity index (χ3v) is 5.73. The maximum Gasteiger partial charge on any atom is 0.261 e. The number of hydrogen-bond acceptors (Lipinski definition) is 5. The van der Waals surface area contributed by atoms with Crippen LogP contribution in [0.25, 0.3) is 0 Å². The Balaban J connectivity index is 1.82. The molecule has 0 aliphatic carbocycles. The number of amides is 2. The lowest BCUT2D eigenvalue weighted by Gasteiger charge is -2.14. The fourth-order valence-corrected chi connectivity index (χ4v) is 3.73. The average Bonchev–Trinajstić information content (AvgIpc) is 2.86. The molecule has 2 aromatic rings. The Labute approximate surface area is 145 Å². The molecule has 25 heavy (non-hydrogen) atoms. The van der Waals surface area contributed by atoms with Gasteiger partial charge in [-0.1, -0.05) is 24.3 Å². The van der Waals surface area contributed by atoms with Gasteiger partial charge < -0.3 is 0 Å². The minimum atomic E-state index is -2.63. The van der Waals surface area contributed by atoms with Crippen LogP contribution in [0.1, 0.15) is 26.3 Å². The Kier molecular flexibility index (Phi) is 4.38. The lowest BCUT2D eigenvalue weighted by molar-refractivity contribution is 0.0642. The van der Waals surface area contributed by atoms with Crippen molar-refractivity contribution in [1.29, 1.82) is 5.26 Å². The minimum Gasteiger partial charge on any atom is -0.270 e. The summed E-state index contributed by atoms with van der Waals surface area (Å²) in [5.41, 5.74) is 1.57. The molecule has 1 heterocycles. The molecule has 1 atom stereocenters. The summed E-state index contributed by atoms with van der Waals surface area (Å²) < 4.78 is 16.3. The summed E-state index contributed by atoms with van der Waals surface area (Å²) >= 11 is 0. The molecule has 1 aliphatic rings. The van der Waals surface area contributed by atoms with Gasteiger partial charge in [-0.15, -0.1) is 0 Å². The van der Waals surface area contributed by atoms with Crippen molar-refractivity contribution < 1.29 is 13.8 Å². The zero-order valence-corrected chi connectivity index (χ0v) is 14.3. The molecule has 0 N–H and O–H groups in total. The summed E-state index contributed by atoms with van der Waals surface area (Å²) in [6, 6.07) is 15.3. The van der Waals surface area contributed by atoms with Crippen LogP contribution in [-0.2, 0) is 16.3 Å². The Hall–Kier alpha value is -2.98. The summed E-state index contributed by atoms with van der Waals surface area (Å²) in [6.45, 7) is 0.0129. The summed E-state index contributed by atoms with van der Waals surface area (Å²) in [7, 11) is -2.63. The summed E-state index contributed by atoms with van der Waals surface area (Å²) in [5.74, 6) is -0.624. The zero-order chi connectivity index (χ0) is 18.0. The quantitative estimate of drug-likeness (QED) is 0.624. The van der Waals surface area contributed by atoms with Gasteiger partial charge in [0, 0.05) is 11.2 Å². The second-order valence-electron chi connectivity index (χ2n) is 5.63. The molecule has 0 saturated carbocycles. The van der Waals surface area contributed by atoms with Crippen LogP contribution in [0, 0.1) is 11.3 Å². The van der Waals surface area contributed by atoms with Gasteiger partial charge in [0.1, 0.15) is 6.54 Å². The SMILES string of the molecule is CS(=O)(=NCC#N)c1ccc(CN2C(=O)c3ccccc3C2=O)cc1. The smallest absolute Gasteiger partial charge is 0.261 e. The van der Waals surface area contributed by atoms with E-state index in [4.69, 9.17) is 5.26 Å². The van der Waals surface area contributed by atoms with Crippen molar-refractivity contribution in [3.8, 4) is 6.07 Å². The molecule has 0 bridgehead atoms. The molecule has 126 valence electrons. The Morgan fingerprint density at radius 1 is 1.04 bits per heavy atom. The highest BCUT2D eigenvalue weighted by molar-refractivity contribution is 7.93. The van der Waals surface area contributed by atoms with E-state index in [1.807, 2.05) is 6.07 Å². The molecule has 0 saturated heterocycles. The third kappa shape index (κ3) is 3.16. The Morgan fingerprint density at radius 3 is 2.12 bits per heavy atom. The molecule has 0 aromatic heterocycles. The van der Waals surface area contributed by atoms with Gasteiger partial charge in [0.05, 0.1) is 33.5 Å². The molecule has 0 spiro atoms. The van der Waals surface area contributed by atoms with Gasteiger partial charge in [-0.3, -0.25) is 14.5 Å². The molecule has 7 heteroatoms. The topological polar surface area (TPSA) is 90.6 Å². The fraction of sp³-hybridized carbons (Fsp3) is 0.167. The number of nitriles is 1. The molecule has 3 rings (SSSR count). The second kappa shape index (κ2) is 6.49. The van der Waals surface area contributed by atoms with Crippen LogP contribution in [0.2, 0.25) is 0 Å². The standard InChI is InChI=1S/C18H15N3O3S/c1-25(24,20-11-10-19)14-8-6-13(7-9-14)12-21-17(22)15-4-2-3-5-16(15)18(21)23/h2-9H,11-12H2,1H3. The van der Waals surface area contributed by atoms with E-state index in [1.54, 1.807) is 48.5 Å². The van der Waals surface area contributed by atoms with E-state index in [1.165, 1.54) is 11.2 Å². The third-order valence-electron chi connectivity index (χ3n) is 3.96. The molecule has 1 unspecified atom stereocenters. The van der Waals surface area contributed by atoms with E-state index < -0.39 is 9.73 Å². The first-order chi connectivity index (χ1) is 11.9. The van der Waals surface area contributed by atoms with Crippen molar-refractivity contribution >= 4 is 21.5 Å². The molecule has 2 aromatic carbocycles. The van der Waals surface area contributed by atoms with Gasteiger partial charge in [0.2, 0.25) is 0 Å². The number of imide groups is 1. The van der Waals surface area contributed by atoms with Crippen molar-refractivity contribution in [2.75, 3.05) is 12.8 Å². The van der Waals surface area contributed by atoms with Crippen molar-refractivity contribution in [2.45, 2.75) is 11.4 Å². The molecular weight excluding hydrogens is 338 g/mol. The van der Waals surface area contributed by atoms with Gasteiger partial charge >= 0.3 is 0 Å². The van der Waals surface area contributed by atoms with Crippen LogP contribution in [0.5, 0.6) is 0 Å². The van der Waals surface area contributed by atoms with Crippen LogP contribution in [0.4, 0.5) is 0 Å². The first kappa shape index (κ1) is 16.9. The largest absolute Gasteiger partial charge is 0.270 e. The fourth-order valence-electron chi connectivity index (χ4n) is 2.64. The monoisotopic (exact) mass is 353 g/mol. The highest BCUT2D eigenvalue weighted by Crippen LogP contribution is 2.24. The van der Waals surface area contributed by atoms with E-state index in [9.17, 15) is 13.8 Å². The molecule has 2 amide bonds. The van der Waals surface area contributed by atoms with E-state index >= 15 is 0 Å². The Morgan fingerprint density at radius 2 is 1.60 bits per heavy atom. The summed E-state index contributed by atoms with van der Waals surface area (Å²) in [5, 5.41) is 8.57. The number of rotatable bonds is 4. The van der Waals surface area contributed by atoms with Crippen molar-refractivity contribution in [3.05, 3.63) is 65.2 Å². The molecular formula is C18H15N3O3S. The molecule has 0 radical (unpaired) electrons. The summed E-state index contributed by atoms with van der Waals surface area (Å²) in [6.07, 6.45) is 1.48. The van der Waals surface area contributed by atoms with Gasteiger partial charge in [-0.2, -0.15) is 5.26 Å². The molecule has 1 aliphatic heterocycles. The number of carbonyl (C=O) groups is 2. The van der Waals surface area contributed by atoms with E-state index in [0.717, 1.165) is 5.56 Å². The number of fused-ring (bicyclic) bond motifs is 1. The summed E-state index contributed by atoms with van der Waals surface area (Å²) in [4.78, 5) is 26.4. The normalized spacial score (nSPS) is 15.4. The van der Waals surface area contributed by atoms with E-state index in [2.05, 4.69) is 4.36 Å². The van der Waals surface area contributed by atoms with Crippen LogP contribution >= 0.6 is 0 Å². The number of hydrogen-bond donors (Lipinski definition) is 0. The zero-order valence-electron chi connectivity index (χ0n) is 13.5. The highest BCUT2D eigenvalue weighted by Gasteiger charge is 2.34. The van der Waals surface area contributed by atoms with E-state index in [0.29, 0.717) is 16.0 Å². The second-order valence-corrected chi connectivity index (χ2v) is 7.97. The van der Waals surface area contributed by atoms with Crippen molar-refractivity contribution in [2.24, 2.45) is 4.36 Å². The average molecular weight is 353 g/mol. The highest BCUT2D eigenvalue weighted by atomic mass is 32.2. The van der Waals surface area contributed by atoms with Crippen molar-refractivity contribution in [1.82, 2.24) is 4.90 Å². The van der Waals surface area contributed by atoms with Gasteiger partial charge in [-0.25, -0.2) is 8.57 Å². The number of nitrogens with zero attached hydrogens (tertiary/aromatic N) is 3. The molecule has 6 nitrogen and oxygen atoms in total. The van der Waals surface area contributed by atoms with E-state index in [-0.39, 0.29) is 24.9 Å². The van der Waals surface area contributed by atoms with Crippen LogP contribution in [-0.4, -0.2) is 33.7 Å². The lowest BCUT2D eigenvalue weighted by atomic mass is 10.1. The van der Waals surface area contributed by atoms with Crippen LogP contribution in [0.15, 0.2) is 57.8 Å². The first-order valence-corrected chi connectivity index (χ1v) is 9.45. The number of benzene rings is 2. The molecule has 0 fully saturated rings. The van der Waals surface area contributed by atoms with Gasteiger partial charge in [-0.05, 0) is 29.8 Å². The lowest BCUT2D eigenvalue weighted by Crippen LogP contribution is -2.29. The number of carbonyl (C=O) groups excluding carboxylic acids is 2. The van der Waals surface area contributed by atoms with Gasteiger partial charge in [0.25, 0.3) is 11.8 Å². The Bertz CT molecular complexity index is 978. The first-order valence-electron chi connectivity index (χ1n) is 7.53. The predicted octanol–water partition coefficient (Wildman–Crippen LogP) is 2.46. The predicted molar refractivity (Wildman–Crippen MR) is 92.3 cm³/mol. The van der Waals surface area contributed by atoms with Crippen LogP contribution in [0.3, 0.4) is 0 Å². The van der Waals surface area contributed by atoms with Gasteiger partial charge in [0.15, 0.2) is 0 Å². The minimum absolute atomic E-state index is 0.133. The van der Waals surface area contributed by atoms with Crippen molar-refractivity contribution in [3.63, 3.8) is 0 Å². The van der Waals surface area contributed by atoms with Crippen LogP contribution < -0.4 is 0 Å². The maximum absolute atomic E-state index is 12.4. The maximum atomic E-state index is 12.4.